The number of likely N-dealkylation sites (N-methyl/N-ethyl adjacent to an activating group) is 1. The molecule has 7 nitrogen and oxygen atoms in total. The quantitative estimate of drug-likeness (QED) is 0.0634. The molecule has 0 radical (unpaired) electrons. The number of esters is 1. The van der Waals surface area contributed by atoms with Crippen molar-refractivity contribution < 1.29 is 32.7 Å². The van der Waals surface area contributed by atoms with Crippen LogP contribution in [0.3, 0.4) is 0 Å². The van der Waals surface area contributed by atoms with Gasteiger partial charge in [0.25, 0.3) is 0 Å². The highest BCUT2D eigenvalue weighted by atomic mass is 32.5. The Morgan fingerprint density at radius 2 is 1.29 bits per heavy atom. The van der Waals surface area contributed by atoms with Gasteiger partial charge in [0, 0.05) is 13.5 Å². The number of hydrogen-bond acceptors (Lipinski definition) is 7. The zero-order valence-corrected chi connectivity index (χ0v) is 25.0. The van der Waals surface area contributed by atoms with Gasteiger partial charge in [-0.1, -0.05) is 102 Å². The fraction of sp³-hybridized carbons (Fsp3) is 0.962. The third kappa shape index (κ3) is 26.8. The number of carbonyl (C=O) groups excluding carboxylic acids is 1. The van der Waals surface area contributed by atoms with E-state index >= 15 is 0 Å². The van der Waals surface area contributed by atoms with E-state index in [1.165, 1.54) is 84.0 Å². The summed E-state index contributed by atoms with van der Waals surface area (Å²) < 4.78 is 22.1. The lowest BCUT2D eigenvalue weighted by atomic mass is 10.0. The van der Waals surface area contributed by atoms with Gasteiger partial charge in [-0.05, 0) is 6.42 Å². The van der Waals surface area contributed by atoms with Crippen LogP contribution in [0, 0.1) is 0 Å². The largest absolute Gasteiger partial charge is 0.780 e. The molecule has 0 saturated heterocycles. The second kappa shape index (κ2) is 22.0. The van der Waals surface area contributed by atoms with Crippen molar-refractivity contribution in [2.75, 3.05) is 54.1 Å². The highest BCUT2D eigenvalue weighted by Crippen LogP contribution is 2.38. The lowest BCUT2D eigenvalue weighted by Gasteiger charge is -2.31. The molecule has 35 heavy (non-hydrogen) atoms. The SMILES string of the molecule is CCCCCCCCCCCCCCCCOC[C@H](COP([O-])(=S)OCC[N+](C)(C)C)OC(C)=O. The highest BCUT2D eigenvalue weighted by molar-refractivity contribution is 8.06. The van der Waals surface area contributed by atoms with E-state index in [1.54, 1.807) is 0 Å². The van der Waals surface area contributed by atoms with Crippen molar-refractivity contribution in [2.24, 2.45) is 0 Å². The number of hydrogen-bond donors (Lipinski definition) is 0. The Hall–Kier alpha value is -0.0800. The van der Waals surface area contributed by atoms with Crippen LogP contribution >= 0.6 is 6.72 Å². The van der Waals surface area contributed by atoms with Crippen LogP contribution in [-0.4, -0.2) is 70.7 Å². The average Bonchev–Trinajstić information content (AvgIpc) is 2.75. The fourth-order valence-corrected chi connectivity index (χ4v) is 4.74. The van der Waals surface area contributed by atoms with Gasteiger partial charge in [-0.15, -0.1) is 0 Å². The first-order valence-corrected chi connectivity index (χ1v) is 16.3. The van der Waals surface area contributed by atoms with Crippen LogP contribution < -0.4 is 4.89 Å². The van der Waals surface area contributed by atoms with Crippen molar-refractivity contribution in [3.05, 3.63) is 0 Å². The van der Waals surface area contributed by atoms with Crippen LogP contribution in [0.25, 0.3) is 0 Å². The maximum Gasteiger partial charge on any atom is 0.303 e. The van der Waals surface area contributed by atoms with Crippen LogP contribution in [0.5, 0.6) is 0 Å². The smallest absolute Gasteiger partial charge is 0.303 e. The third-order valence-electron chi connectivity index (χ3n) is 5.71. The summed E-state index contributed by atoms with van der Waals surface area (Å²) in [5.41, 5.74) is 0. The zero-order chi connectivity index (χ0) is 26.4. The van der Waals surface area contributed by atoms with Gasteiger partial charge >= 0.3 is 5.97 Å². The summed E-state index contributed by atoms with van der Waals surface area (Å²) in [5.74, 6) is -0.441. The summed E-state index contributed by atoms with van der Waals surface area (Å²) in [6.07, 6.45) is 17.7. The van der Waals surface area contributed by atoms with Crippen LogP contribution in [0.4, 0.5) is 0 Å². The normalized spacial score (nSPS) is 14.6. The van der Waals surface area contributed by atoms with Gasteiger partial charge in [0.2, 0.25) is 0 Å². The van der Waals surface area contributed by atoms with E-state index in [4.69, 9.17) is 30.3 Å². The molecule has 0 amide bonds. The molecule has 0 aromatic rings. The van der Waals surface area contributed by atoms with Gasteiger partial charge in [0.05, 0.1) is 34.4 Å². The molecule has 0 spiro atoms. The van der Waals surface area contributed by atoms with Gasteiger partial charge in [-0.3, -0.25) is 4.79 Å². The zero-order valence-electron chi connectivity index (χ0n) is 23.3. The molecule has 0 bridgehead atoms. The summed E-state index contributed by atoms with van der Waals surface area (Å²) in [6, 6.07) is 0. The van der Waals surface area contributed by atoms with Crippen molar-refractivity contribution in [3.8, 4) is 0 Å². The first-order valence-electron chi connectivity index (χ1n) is 13.7. The van der Waals surface area contributed by atoms with Crippen molar-refractivity contribution >= 4 is 24.5 Å². The summed E-state index contributed by atoms with van der Waals surface area (Å²) in [6.45, 7) is 1.53. The molecule has 0 fully saturated rings. The maximum atomic E-state index is 12.3. The molecule has 0 aromatic heterocycles. The Kier molecular flexibility index (Phi) is 21.9. The maximum absolute atomic E-state index is 12.3. The number of nitrogens with zero attached hydrogens (tertiary/aromatic N) is 1. The van der Waals surface area contributed by atoms with E-state index in [0.29, 0.717) is 17.6 Å². The van der Waals surface area contributed by atoms with Gasteiger partial charge in [0.15, 0.2) is 0 Å². The molecule has 9 heteroatoms. The summed E-state index contributed by atoms with van der Waals surface area (Å²) in [5, 5.41) is 0. The van der Waals surface area contributed by atoms with E-state index < -0.39 is 18.8 Å². The van der Waals surface area contributed by atoms with Gasteiger partial charge in [0.1, 0.15) is 26.0 Å². The Bertz CT molecular complexity index is 558. The number of unbranched alkanes of at least 4 members (excludes halogenated alkanes) is 13. The molecule has 2 atom stereocenters. The van der Waals surface area contributed by atoms with Crippen molar-refractivity contribution in [2.45, 2.75) is 110 Å². The average molecular weight is 540 g/mol. The minimum atomic E-state index is -3.63. The van der Waals surface area contributed by atoms with E-state index in [1.807, 2.05) is 21.1 Å². The Morgan fingerprint density at radius 1 is 0.800 bits per heavy atom. The molecule has 210 valence electrons. The Labute approximate surface area is 221 Å². The first-order chi connectivity index (χ1) is 16.6. The molecule has 0 aliphatic rings. The highest BCUT2D eigenvalue weighted by Gasteiger charge is 2.17. The van der Waals surface area contributed by atoms with Gasteiger partial charge in [-0.2, -0.15) is 0 Å². The van der Waals surface area contributed by atoms with Crippen LogP contribution in [0.1, 0.15) is 104 Å². The number of ether oxygens (including phenoxy) is 2. The molecular formula is C26H54NO6PS. The third-order valence-corrected chi connectivity index (χ3v) is 7.31. The van der Waals surface area contributed by atoms with E-state index in [9.17, 15) is 9.69 Å². The number of quaternary nitrogens is 1. The first kappa shape index (κ1) is 34.9. The fourth-order valence-electron chi connectivity index (χ4n) is 3.60. The molecule has 0 rings (SSSR count). The van der Waals surface area contributed by atoms with Crippen LogP contribution in [0.2, 0.25) is 0 Å². The predicted octanol–water partition coefficient (Wildman–Crippen LogP) is 5.74. The topological polar surface area (TPSA) is 77.1 Å². The standard InChI is InChI=1S/C26H54NO6PS/c1-6-7-8-9-10-11-12-13-14-15-16-17-18-19-21-30-23-26(33-25(2)28)24-32-34(29,35)31-22-20-27(3,4)5/h26H,6-24H2,1-5H3/t26-,34?/m1/s1. The van der Waals surface area contributed by atoms with E-state index in [0.717, 1.165) is 12.8 Å². The summed E-state index contributed by atoms with van der Waals surface area (Å²) in [7, 11) is 6.01. The molecule has 0 N–H and O–H groups in total. The molecule has 0 aromatic carbocycles. The summed E-state index contributed by atoms with van der Waals surface area (Å²) in [4.78, 5) is 23.7. The Balaban J connectivity index is 3.77. The lowest BCUT2D eigenvalue weighted by Crippen LogP contribution is -2.37. The van der Waals surface area contributed by atoms with Crippen molar-refractivity contribution in [3.63, 3.8) is 0 Å². The Morgan fingerprint density at radius 3 is 1.74 bits per heavy atom. The molecule has 1 unspecified atom stereocenters. The summed E-state index contributed by atoms with van der Waals surface area (Å²) >= 11 is 4.94. The van der Waals surface area contributed by atoms with Crippen molar-refractivity contribution in [1.29, 1.82) is 0 Å². The second-order valence-electron chi connectivity index (χ2n) is 10.5. The van der Waals surface area contributed by atoms with E-state index in [-0.39, 0.29) is 19.8 Å². The van der Waals surface area contributed by atoms with Crippen LogP contribution in [0.15, 0.2) is 0 Å². The molecule has 0 aliphatic heterocycles. The minimum absolute atomic E-state index is 0.108. The monoisotopic (exact) mass is 539 g/mol. The van der Waals surface area contributed by atoms with Crippen LogP contribution in [-0.2, 0) is 35.1 Å². The van der Waals surface area contributed by atoms with Crippen molar-refractivity contribution in [1.82, 2.24) is 0 Å². The predicted molar refractivity (Wildman–Crippen MR) is 146 cm³/mol. The van der Waals surface area contributed by atoms with Gasteiger partial charge in [-0.25, -0.2) is 0 Å². The second-order valence-corrected chi connectivity index (χ2v) is 13.2. The molecule has 0 aliphatic carbocycles. The lowest BCUT2D eigenvalue weighted by molar-refractivity contribution is -0.870. The van der Waals surface area contributed by atoms with E-state index in [2.05, 4.69) is 6.92 Å². The minimum Gasteiger partial charge on any atom is -0.780 e. The number of carbonyl (C=O) groups is 1. The molecular weight excluding hydrogens is 485 g/mol. The number of rotatable bonds is 25. The molecule has 0 heterocycles. The molecule has 0 saturated carbocycles. The van der Waals surface area contributed by atoms with Gasteiger partial charge < -0.3 is 27.9 Å².